The molecule has 0 rings (SSSR count). The first-order valence-electron chi connectivity index (χ1n) is 12.1. The molecule has 0 radical (unpaired) electrons. The Labute approximate surface area is 194 Å². The zero-order chi connectivity index (χ0) is 23.2. The molecule has 194 valence electrons. The standard InChI is InChI=1S/C23H48O9/c1-2-3-4-5-6-8-25-10-12-27-14-16-29-18-20-31-22-23-32-21-19-30-17-15-28-13-11-26-9-7-24/h24H,2-23H2,1H3. The highest BCUT2D eigenvalue weighted by atomic mass is 16.6. The molecule has 0 atom stereocenters. The van der Waals surface area contributed by atoms with Crippen LogP contribution in [0.4, 0.5) is 0 Å². The third kappa shape index (κ3) is 29.6. The number of unbranched alkanes of at least 4 members (excludes halogenated alkanes) is 4. The summed E-state index contributed by atoms with van der Waals surface area (Å²) in [7, 11) is 0. The van der Waals surface area contributed by atoms with Gasteiger partial charge in [-0.2, -0.15) is 0 Å². The molecule has 0 aliphatic rings. The van der Waals surface area contributed by atoms with Crippen LogP contribution in [0.15, 0.2) is 0 Å². The topological polar surface area (TPSA) is 94.1 Å². The average Bonchev–Trinajstić information content (AvgIpc) is 2.81. The van der Waals surface area contributed by atoms with Crippen LogP contribution >= 0.6 is 0 Å². The van der Waals surface area contributed by atoms with Crippen LogP contribution in [0.25, 0.3) is 0 Å². The summed E-state index contributed by atoms with van der Waals surface area (Å²) in [4.78, 5) is 0. The van der Waals surface area contributed by atoms with E-state index in [9.17, 15) is 0 Å². The molecule has 0 fully saturated rings. The molecule has 9 heteroatoms. The highest BCUT2D eigenvalue weighted by Crippen LogP contribution is 2.02. The maximum absolute atomic E-state index is 8.54. The molecule has 0 aromatic heterocycles. The molecule has 0 amide bonds. The van der Waals surface area contributed by atoms with Crippen molar-refractivity contribution in [1.29, 1.82) is 0 Å². The van der Waals surface area contributed by atoms with Gasteiger partial charge >= 0.3 is 0 Å². The van der Waals surface area contributed by atoms with Crippen molar-refractivity contribution in [2.45, 2.75) is 39.0 Å². The number of hydrogen-bond donors (Lipinski definition) is 1. The lowest BCUT2D eigenvalue weighted by Gasteiger charge is -2.08. The number of rotatable bonds is 29. The molecule has 0 heterocycles. The summed E-state index contributed by atoms with van der Waals surface area (Å²) in [5.41, 5.74) is 0. The minimum atomic E-state index is 0.0351. The van der Waals surface area contributed by atoms with Crippen molar-refractivity contribution in [3.05, 3.63) is 0 Å². The average molecular weight is 469 g/mol. The second-order valence-electron chi connectivity index (χ2n) is 7.04. The Bertz CT molecular complexity index is 292. The molecule has 0 unspecified atom stereocenters. The Morgan fingerprint density at radius 2 is 0.625 bits per heavy atom. The largest absolute Gasteiger partial charge is 0.394 e. The van der Waals surface area contributed by atoms with Crippen molar-refractivity contribution in [2.75, 3.05) is 112 Å². The lowest BCUT2D eigenvalue weighted by atomic mass is 10.2. The molecule has 9 nitrogen and oxygen atoms in total. The summed E-state index contributed by atoms with van der Waals surface area (Å²) in [5.74, 6) is 0. The van der Waals surface area contributed by atoms with E-state index in [1.54, 1.807) is 0 Å². The van der Waals surface area contributed by atoms with Crippen molar-refractivity contribution < 1.29 is 43.0 Å². The Kier molecular flexibility index (Phi) is 30.3. The Balaban J connectivity index is 2.98. The second kappa shape index (κ2) is 30.6. The lowest BCUT2D eigenvalue weighted by Crippen LogP contribution is -2.15. The minimum Gasteiger partial charge on any atom is -0.394 e. The van der Waals surface area contributed by atoms with Crippen LogP contribution in [0.3, 0.4) is 0 Å². The van der Waals surface area contributed by atoms with E-state index in [0.29, 0.717) is 99.1 Å². The molecule has 32 heavy (non-hydrogen) atoms. The summed E-state index contributed by atoms with van der Waals surface area (Å²) in [6.07, 6.45) is 6.30. The van der Waals surface area contributed by atoms with E-state index in [4.69, 9.17) is 43.0 Å². The van der Waals surface area contributed by atoms with Gasteiger partial charge in [0.2, 0.25) is 0 Å². The molecular formula is C23H48O9. The van der Waals surface area contributed by atoms with E-state index in [1.807, 2.05) is 0 Å². The monoisotopic (exact) mass is 468 g/mol. The van der Waals surface area contributed by atoms with Crippen LogP contribution in [-0.2, 0) is 37.9 Å². The van der Waals surface area contributed by atoms with Crippen molar-refractivity contribution >= 4 is 0 Å². The van der Waals surface area contributed by atoms with Gasteiger partial charge in [-0.3, -0.25) is 0 Å². The number of aliphatic hydroxyl groups is 1. The summed E-state index contributed by atoms with van der Waals surface area (Å²) in [6.45, 7) is 11.1. The van der Waals surface area contributed by atoms with E-state index >= 15 is 0 Å². The maximum atomic E-state index is 8.54. The molecule has 0 saturated heterocycles. The first-order valence-corrected chi connectivity index (χ1v) is 12.1. The lowest BCUT2D eigenvalue weighted by molar-refractivity contribution is -0.0238. The molecule has 0 aromatic carbocycles. The zero-order valence-corrected chi connectivity index (χ0v) is 20.3. The molecule has 0 aliphatic carbocycles. The quantitative estimate of drug-likeness (QED) is 0.166. The van der Waals surface area contributed by atoms with Gasteiger partial charge in [0.25, 0.3) is 0 Å². The van der Waals surface area contributed by atoms with E-state index < -0.39 is 0 Å². The van der Waals surface area contributed by atoms with Gasteiger partial charge in [-0.15, -0.1) is 0 Å². The fraction of sp³-hybridized carbons (Fsp3) is 1.00. The Hall–Kier alpha value is -0.360. The smallest absolute Gasteiger partial charge is 0.0701 e. The normalized spacial score (nSPS) is 11.4. The third-order valence-electron chi connectivity index (χ3n) is 4.23. The first kappa shape index (κ1) is 31.6. The van der Waals surface area contributed by atoms with Crippen molar-refractivity contribution in [3.8, 4) is 0 Å². The summed E-state index contributed by atoms with van der Waals surface area (Å²) >= 11 is 0. The number of hydrogen-bond acceptors (Lipinski definition) is 9. The molecule has 0 spiro atoms. The van der Waals surface area contributed by atoms with Gasteiger partial charge in [0.15, 0.2) is 0 Å². The number of ether oxygens (including phenoxy) is 8. The predicted molar refractivity (Wildman–Crippen MR) is 122 cm³/mol. The molecule has 0 aliphatic heterocycles. The van der Waals surface area contributed by atoms with E-state index in [0.717, 1.165) is 13.0 Å². The van der Waals surface area contributed by atoms with E-state index in [1.165, 1.54) is 25.7 Å². The Morgan fingerprint density at radius 1 is 0.344 bits per heavy atom. The van der Waals surface area contributed by atoms with Crippen LogP contribution in [0.1, 0.15) is 39.0 Å². The van der Waals surface area contributed by atoms with Gasteiger partial charge in [0, 0.05) is 6.61 Å². The fourth-order valence-corrected chi connectivity index (χ4v) is 2.51. The van der Waals surface area contributed by atoms with Crippen LogP contribution in [-0.4, -0.2) is 117 Å². The first-order chi connectivity index (χ1) is 15.9. The van der Waals surface area contributed by atoms with Gasteiger partial charge < -0.3 is 43.0 Å². The highest BCUT2D eigenvalue weighted by Gasteiger charge is 1.95. The van der Waals surface area contributed by atoms with Crippen molar-refractivity contribution in [2.24, 2.45) is 0 Å². The fourth-order valence-electron chi connectivity index (χ4n) is 2.51. The van der Waals surface area contributed by atoms with Crippen molar-refractivity contribution in [3.63, 3.8) is 0 Å². The third-order valence-corrected chi connectivity index (χ3v) is 4.23. The summed E-state index contributed by atoms with van der Waals surface area (Å²) < 4.78 is 43.1. The highest BCUT2D eigenvalue weighted by molar-refractivity contribution is 4.42. The molecule has 1 N–H and O–H groups in total. The maximum Gasteiger partial charge on any atom is 0.0701 e. The van der Waals surface area contributed by atoms with E-state index in [-0.39, 0.29) is 6.61 Å². The molecule has 0 aromatic rings. The SMILES string of the molecule is CCCCCCCOCCOCCOCCOCCOCCOCCOCCOCCO. The van der Waals surface area contributed by atoms with Crippen LogP contribution < -0.4 is 0 Å². The summed E-state index contributed by atoms with van der Waals surface area (Å²) in [5, 5.41) is 8.54. The van der Waals surface area contributed by atoms with Crippen molar-refractivity contribution in [1.82, 2.24) is 0 Å². The van der Waals surface area contributed by atoms with Gasteiger partial charge in [-0.05, 0) is 6.42 Å². The molecule has 0 bridgehead atoms. The second-order valence-corrected chi connectivity index (χ2v) is 7.04. The Morgan fingerprint density at radius 3 is 0.938 bits per heavy atom. The van der Waals surface area contributed by atoms with Crippen LogP contribution in [0.5, 0.6) is 0 Å². The molecule has 0 saturated carbocycles. The minimum absolute atomic E-state index is 0.0351. The van der Waals surface area contributed by atoms with Gasteiger partial charge in [-0.1, -0.05) is 32.6 Å². The molecular weight excluding hydrogens is 420 g/mol. The van der Waals surface area contributed by atoms with Gasteiger partial charge in [0.05, 0.1) is 106 Å². The van der Waals surface area contributed by atoms with Crippen LogP contribution in [0, 0.1) is 0 Å². The van der Waals surface area contributed by atoms with Gasteiger partial charge in [-0.25, -0.2) is 0 Å². The predicted octanol–water partition coefficient (Wildman–Crippen LogP) is 2.08. The van der Waals surface area contributed by atoms with Gasteiger partial charge in [0.1, 0.15) is 0 Å². The number of aliphatic hydroxyl groups excluding tert-OH is 1. The summed E-state index contributed by atoms with van der Waals surface area (Å²) in [6, 6.07) is 0. The van der Waals surface area contributed by atoms with Crippen LogP contribution in [0.2, 0.25) is 0 Å². The van der Waals surface area contributed by atoms with E-state index in [2.05, 4.69) is 6.92 Å². The zero-order valence-electron chi connectivity index (χ0n) is 20.3.